The van der Waals surface area contributed by atoms with E-state index in [1.165, 1.54) is 6.07 Å². The molecule has 14 nitrogen and oxygen atoms in total. The average Bonchev–Trinajstić information content (AvgIpc) is 4.05. The molecular formula is C42H45FN10O4. The Labute approximate surface area is 329 Å². The Morgan fingerprint density at radius 3 is 2.49 bits per heavy atom. The number of amides is 4. The minimum absolute atomic E-state index is 0.00202. The van der Waals surface area contributed by atoms with Crippen LogP contribution in [0.4, 0.5) is 15.9 Å². The first-order chi connectivity index (χ1) is 27.7. The van der Waals surface area contributed by atoms with Gasteiger partial charge >= 0.3 is 0 Å². The van der Waals surface area contributed by atoms with Gasteiger partial charge < -0.3 is 25.3 Å². The normalized spacial score (nSPS) is 24.3. The SMILES string of the molecule is N=C(/C=C\C1NC=C(c2cccc(N3CCN(C4CCN(c5ccc6c(c5)C(=O)N(C5CCC(=O)NC5=O)C6=O)CC4)C3)n2)N1)N1CCC[C@@H]1c1cccc(F)c1. The number of aromatic nitrogens is 1. The lowest BCUT2D eigenvalue weighted by Crippen LogP contribution is -2.54. The zero-order valence-corrected chi connectivity index (χ0v) is 31.5. The standard InChI is InChI=1S/C42H45FN10O4/c43-27-5-1-4-26(22-27)34-7-3-17-52(34)36(44)12-13-37-45-24-33(46-37)32-6-2-8-38(47-32)51-21-20-50(25-51)28-15-18-49(19-16-28)29-9-10-30-31(23-29)42(57)53(41(30)56)35-11-14-39(54)48-40(35)55/h1-2,4-6,8-10,12-13,22-24,28,34-35,37,44-46H,3,7,11,14-21,25H2,(H,48,54,55)/b13-12-,44-36?/t34-,35?,37?/m1/s1. The number of halogens is 1. The number of imide groups is 2. The van der Waals surface area contributed by atoms with Gasteiger partial charge in [-0.2, -0.15) is 0 Å². The van der Waals surface area contributed by atoms with Gasteiger partial charge in [-0.1, -0.05) is 18.2 Å². The summed E-state index contributed by atoms with van der Waals surface area (Å²) in [6, 6.07) is 17.5. The first-order valence-electron chi connectivity index (χ1n) is 19.8. The summed E-state index contributed by atoms with van der Waals surface area (Å²) in [7, 11) is 0. The molecule has 57 heavy (non-hydrogen) atoms. The van der Waals surface area contributed by atoms with E-state index in [-0.39, 0.29) is 30.9 Å². The van der Waals surface area contributed by atoms with Gasteiger partial charge in [0, 0.05) is 57.1 Å². The highest BCUT2D eigenvalue weighted by atomic mass is 19.1. The van der Waals surface area contributed by atoms with E-state index in [1.807, 2.05) is 47.5 Å². The average molecular weight is 773 g/mol. The third-order valence-corrected chi connectivity index (χ3v) is 12.1. The number of nitrogens with zero attached hydrogens (tertiary/aromatic N) is 6. The van der Waals surface area contributed by atoms with Gasteiger partial charge in [0.2, 0.25) is 11.8 Å². The van der Waals surface area contributed by atoms with Crippen molar-refractivity contribution in [2.24, 2.45) is 0 Å². The van der Waals surface area contributed by atoms with Crippen molar-refractivity contribution in [2.75, 3.05) is 49.2 Å². The molecule has 0 aliphatic carbocycles. The molecule has 1 aromatic heterocycles. The van der Waals surface area contributed by atoms with Crippen molar-refractivity contribution in [3.8, 4) is 0 Å². The smallest absolute Gasteiger partial charge is 0.262 e. The molecular weight excluding hydrogens is 728 g/mol. The topological polar surface area (TPSA) is 157 Å². The third-order valence-electron chi connectivity index (χ3n) is 12.1. The number of pyridine rings is 1. The molecule has 294 valence electrons. The number of carbonyl (C=O) groups excluding carboxylic acids is 4. The molecule has 3 aromatic rings. The summed E-state index contributed by atoms with van der Waals surface area (Å²) in [5.41, 5.74) is 4.08. The predicted octanol–water partition coefficient (Wildman–Crippen LogP) is 3.56. The van der Waals surface area contributed by atoms with Gasteiger partial charge in [0.1, 0.15) is 29.7 Å². The Hall–Kier alpha value is -6.09. The second-order valence-electron chi connectivity index (χ2n) is 15.5. The second kappa shape index (κ2) is 15.1. The van der Waals surface area contributed by atoms with Crippen molar-refractivity contribution >= 4 is 46.7 Å². The summed E-state index contributed by atoms with van der Waals surface area (Å²) >= 11 is 0. The summed E-state index contributed by atoms with van der Waals surface area (Å²) in [4.78, 5) is 65.8. The summed E-state index contributed by atoms with van der Waals surface area (Å²) < 4.78 is 13.9. The lowest BCUT2D eigenvalue weighted by atomic mass is 10.0. The van der Waals surface area contributed by atoms with Gasteiger partial charge in [0.15, 0.2) is 0 Å². The van der Waals surface area contributed by atoms with Crippen molar-refractivity contribution in [2.45, 2.75) is 62.8 Å². The molecule has 9 rings (SSSR count). The molecule has 2 unspecified atom stereocenters. The molecule has 0 saturated carbocycles. The van der Waals surface area contributed by atoms with Crippen LogP contribution in [0.25, 0.3) is 5.70 Å². The van der Waals surface area contributed by atoms with Crippen LogP contribution in [0.1, 0.15) is 76.5 Å². The Morgan fingerprint density at radius 1 is 0.842 bits per heavy atom. The van der Waals surface area contributed by atoms with E-state index >= 15 is 0 Å². The zero-order chi connectivity index (χ0) is 39.2. The fourth-order valence-electron chi connectivity index (χ4n) is 9.06. The number of amidine groups is 1. The molecule has 4 N–H and O–H groups in total. The van der Waals surface area contributed by atoms with Crippen molar-refractivity contribution in [3.63, 3.8) is 0 Å². The number of rotatable bonds is 8. The van der Waals surface area contributed by atoms with Crippen molar-refractivity contribution in [1.82, 2.24) is 35.6 Å². The number of piperidine rings is 2. The fourth-order valence-corrected chi connectivity index (χ4v) is 9.06. The van der Waals surface area contributed by atoms with Crippen LogP contribution in [0.2, 0.25) is 0 Å². The number of hydrogen-bond acceptors (Lipinski definition) is 11. The van der Waals surface area contributed by atoms with Crippen LogP contribution in [0.3, 0.4) is 0 Å². The molecule has 0 radical (unpaired) electrons. The van der Waals surface area contributed by atoms with Crippen LogP contribution in [0.15, 0.2) is 79.0 Å². The van der Waals surface area contributed by atoms with E-state index in [1.54, 1.807) is 30.3 Å². The van der Waals surface area contributed by atoms with Crippen molar-refractivity contribution in [1.29, 1.82) is 5.41 Å². The first-order valence-corrected chi connectivity index (χ1v) is 19.8. The summed E-state index contributed by atoms with van der Waals surface area (Å²) in [6.45, 7) is 4.95. The molecule has 0 bridgehead atoms. The van der Waals surface area contributed by atoms with E-state index < -0.39 is 29.7 Å². The fraction of sp³-hybridized carbons (Fsp3) is 0.381. The van der Waals surface area contributed by atoms with Crippen LogP contribution in [0, 0.1) is 11.2 Å². The molecule has 4 saturated heterocycles. The van der Waals surface area contributed by atoms with E-state index in [4.69, 9.17) is 10.4 Å². The quantitative estimate of drug-likeness (QED) is 0.151. The number of fused-ring (bicyclic) bond motifs is 1. The molecule has 0 spiro atoms. The van der Waals surface area contributed by atoms with Gasteiger partial charge in [0.05, 0.1) is 35.2 Å². The molecule has 6 aliphatic heterocycles. The highest BCUT2D eigenvalue weighted by Gasteiger charge is 2.45. The summed E-state index contributed by atoms with van der Waals surface area (Å²) in [6.07, 6.45) is 9.44. The Balaban J connectivity index is 0.768. The van der Waals surface area contributed by atoms with Crippen molar-refractivity contribution in [3.05, 3.63) is 107 Å². The molecule has 7 heterocycles. The maximum atomic E-state index is 13.9. The highest BCUT2D eigenvalue weighted by molar-refractivity contribution is 6.23. The number of hydrogen-bond donors (Lipinski definition) is 4. The largest absolute Gasteiger partial charge is 0.371 e. The lowest BCUT2D eigenvalue weighted by molar-refractivity contribution is -0.136. The zero-order valence-electron chi connectivity index (χ0n) is 31.5. The van der Waals surface area contributed by atoms with E-state index in [9.17, 15) is 23.6 Å². The number of benzene rings is 2. The minimum Gasteiger partial charge on any atom is -0.371 e. The molecule has 3 atom stereocenters. The lowest BCUT2D eigenvalue weighted by Gasteiger charge is -2.37. The van der Waals surface area contributed by atoms with E-state index in [2.05, 4.69) is 30.7 Å². The van der Waals surface area contributed by atoms with Gasteiger partial charge in [-0.15, -0.1) is 0 Å². The third kappa shape index (κ3) is 7.11. The van der Waals surface area contributed by atoms with Crippen LogP contribution < -0.4 is 25.8 Å². The molecule has 2 aromatic carbocycles. The van der Waals surface area contributed by atoms with Crippen molar-refractivity contribution < 1.29 is 23.6 Å². The maximum absolute atomic E-state index is 13.9. The van der Waals surface area contributed by atoms with Crippen LogP contribution in [-0.4, -0.2) is 107 Å². The van der Waals surface area contributed by atoms with Gasteiger partial charge in [-0.3, -0.25) is 39.7 Å². The summed E-state index contributed by atoms with van der Waals surface area (Å²) in [5.74, 6) is -0.925. The van der Waals surface area contributed by atoms with Gasteiger partial charge in [-0.05, 0) is 92.3 Å². The molecule has 15 heteroatoms. The van der Waals surface area contributed by atoms with Gasteiger partial charge in [0.25, 0.3) is 11.8 Å². The second-order valence-corrected chi connectivity index (χ2v) is 15.5. The maximum Gasteiger partial charge on any atom is 0.262 e. The number of likely N-dealkylation sites (tertiary alicyclic amines) is 1. The van der Waals surface area contributed by atoms with Crippen LogP contribution in [0.5, 0.6) is 0 Å². The van der Waals surface area contributed by atoms with Gasteiger partial charge in [-0.25, -0.2) is 9.37 Å². The first kappa shape index (κ1) is 36.5. The molecule has 4 amide bonds. The van der Waals surface area contributed by atoms with Crippen LogP contribution >= 0.6 is 0 Å². The Morgan fingerprint density at radius 2 is 1.67 bits per heavy atom. The van der Waals surface area contributed by atoms with Crippen LogP contribution in [-0.2, 0) is 9.59 Å². The Kier molecular flexibility index (Phi) is 9.68. The summed E-state index contributed by atoms with van der Waals surface area (Å²) in [5, 5.41) is 17.8. The predicted molar refractivity (Wildman–Crippen MR) is 211 cm³/mol. The van der Waals surface area contributed by atoms with E-state index in [0.29, 0.717) is 23.0 Å². The monoisotopic (exact) mass is 772 g/mol. The minimum atomic E-state index is -0.979. The highest BCUT2D eigenvalue weighted by Crippen LogP contribution is 2.34. The number of anilines is 2. The molecule has 6 aliphatic rings. The Bertz CT molecular complexity index is 2200. The molecule has 4 fully saturated rings. The number of carbonyl (C=O) groups is 4. The van der Waals surface area contributed by atoms with E-state index in [0.717, 1.165) is 98.4 Å². The number of nitrogens with one attached hydrogen (secondary N) is 4.